The molecular formula is C7H15ClN2. The first-order valence-corrected chi connectivity index (χ1v) is 3.70. The summed E-state index contributed by atoms with van der Waals surface area (Å²) in [5, 5.41) is 3.23. The summed E-state index contributed by atoms with van der Waals surface area (Å²) in [6.07, 6.45) is 3.74. The molecule has 0 fully saturated rings. The average Bonchev–Trinajstić information content (AvgIpc) is 1.91. The van der Waals surface area contributed by atoms with Crippen LogP contribution in [0.4, 0.5) is 0 Å². The molecule has 0 aromatic carbocycles. The van der Waals surface area contributed by atoms with Crippen LogP contribution in [0.5, 0.6) is 0 Å². The third kappa shape index (κ3) is 3.06. The Morgan fingerprint density at radius 2 is 2.30 bits per heavy atom. The number of amidine groups is 1. The molecule has 0 aliphatic carbocycles. The van der Waals surface area contributed by atoms with Crippen LogP contribution in [0.2, 0.25) is 0 Å². The topological polar surface area (TPSA) is 24.4 Å². The van der Waals surface area contributed by atoms with Crippen LogP contribution in [0.3, 0.4) is 0 Å². The maximum atomic E-state index is 4.32. The normalized spacial score (nSPS) is 17.1. The van der Waals surface area contributed by atoms with Gasteiger partial charge < -0.3 is 5.32 Å². The summed E-state index contributed by atoms with van der Waals surface area (Å²) in [6, 6.07) is 0. The molecule has 0 aromatic heterocycles. The van der Waals surface area contributed by atoms with Crippen LogP contribution in [-0.2, 0) is 0 Å². The Kier molecular flexibility index (Phi) is 5.40. The number of rotatable bonds is 1. The van der Waals surface area contributed by atoms with E-state index in [1.807, 2.05) is 0 Å². The van der Waals surface area contributed by atoms with E-state index >= 15 is 0 Å². The van der Waals surface area contributed by atoms with E-state index in [0.29, 0.717) is 0 Å². The number of hydrogen-bond donors (Lipinski definition) is 1. The second-order valence-electron chi connectivity index (χ2n) is 2.32. The van der Waals surface area contributed by atoms with Crippen LogP contribution in [-0.4, -0.2) is 18.9 Å². The molecule has 2 nitrogen and oxygen atoms in total. The quantitative estimate of drug-likeness (QED) is 0.623. The number of nitrogens with one attached hydrogen (secondary N) is 1. The van der Waals surface area contributed by atoms with Gasteiger partial charge in [0, 0.05) is 19.5 Å². The molecule has 1 heterocycles. The van der Waals surface area contributed by atoms with Gasteiger partial charge in [0.1, 0.15) is 0 Å². The lowest BCUT2D eigenvalue weighted by atomic mass is 10.2. The lowest BCUT2D eigenvalue weighted by molar-refractivity contribution is 0.712. The summed E-state index contributed by atoms with van der Waals surface area (Å²) < 4.78 is 0. The fourth-order valence-corrected chi connectivity index (χ4v) is 1.05. The van der Waals surface area contributed by atoms with Gasteiger partial charge in [0.2, 0.25) is 0 Å². The van der Waals surface area contributed by atoms with Crippen molar-refractivity contribution >= 4 is 18.2 Å². The Balaban J connectivity index is 0.000000810. The molecule has 0 bridgehead atoms. The summed E-state index contributed by atoms with van der Waals surface area (Å²) in [5.41, 5.74) is 0. The minimum absolute atomic E-state index is 0. The van der Waals surface area contributed by atoms with Gasteiger partial charge in [-0.05, 0) is 19.8 Å². The van der Waals surface area contributed by atoms with Crippen LogP contribution in [0.25, 0.3) is 0 Å². The van der Waals surface area contributed by atoms with Crippen molar-refractivity contribution in [1.29, 1.82) is 0 Å². The van der Waals surface area contributed by atoms with E-state index in [0.717, 1.165) is 19.5 Å². The van der Waals surface area contributed by atoms with E-state index in [1.165, 1.54) is 18.7 Å². The number of halogens is 1. The van der Waals surface area contributed by atoms with Crippen molar-refractivity contribution in [3.8, 4) is 0 Å². The van der Waals surface area contributed by atoms with E-state index in [-0.39, 0.29) is 12.4 Å². The monoisotopic (exact) mass is 162 g/mol. The molecule has 1 aliphatic rings. The Morgan fingerprint density at radius 1 is 1.50 bits per heavy atom. The molecule has 10 heavy (non-hydrogen) atoms. The van der Waals surface area contributed by atoms with Crippen molar-refractivity contribution in [1.82, 2.24) is 5.32 Å². The predicted molar refractivity (Wildman–Crippen MR) is 47.1 cm³/mol. The van der Waals surface area contributed by atoms with Crippen LogP contribution in [0.15, 0.2) is 4.99 Å². The minimum Gasteiger partial charge on any atom is -0.374 e. The van der Waals surface area contributed by atoms with E-state index in [1.54, 1.807) is 0 Å². The third-order valence-corrected chi connectivity index (χ3v) is 1.51. The molecule has 1 rings (SSSR count). The van der Waals surface area contributed by atoms with Crippen LogP contribution >= 0.6 is 12.4 Å². The van der Waals surface area contributed by atoms with Gasteiger partial charge in [0.05, 0.1) is 5.84 Å². The summed E-state index contributed by atoms with van der Waals surface area (Å²) in [5.74, 6) is 1.21. The molecule has 0 saturated heterocycles. The molecule has 0 saturated carbocycles. The third-order valence-electron chi connectivity index (χ3n) is 1.51. The van der Waals surface area contributed by atoms with Crippen LogP contribution < -0.4 is 5.32 Å². The second-order valence-corrected chi connectivity index (χ2v) is 2.32. The first-order chi connectivity index (χ1) is 4.43. The molecule has 0 atom stereocenters. The highest BCUT2D eigenvalue weighted by Gasteiger charge is 2.01. The maximum Gasteiger partial charge on any atom is 0.0962 e. The molecule has 3 heteroatoms. The molecule has 0 aromatic rings. The number of nitrogens with zero attached hydrogens (tertiary/aromatic N) is 1. The summed E-state index contributed by atoms with van der Waals surface area (Å²) in [4.78, 5) is 4.32. The van der Waals surface area contributed by atoms with Crippen molar-refractivity contribution < 1.29 is 0 Å². The van der Waals surface area contributed by atoms with E-state index < -0.39 is 0 Å². The second kappa shape index (κ2) is 5.54. The van der Waals surface area contributed by atoms with Crippen molar-refractivity contribution in [3.63, 3.8) is 0 Å². The number of aliphatic imine (C=N–C) groups is 1. The van der Waals surface area contributed by atoms with Gasteiger partial charge in [-0.1, -0.05) is 0 Å². The first kappa shape index (κ1) is 9.76. The van der Waals surface area contributed by atoms with Gasteiger partial charge in [-0.3, -0.25) is 4.99 Å². The van der Waals surface area contributed by atoms with Gasteiger partial charge in [0.25, 0.3) is 0 Å². The molecular weight excluding hydrogens is 148 g/mol. The van der Waals surface area contributed by atoms with Gasteiger partial charge >= 0.3 is 0 Å². The molecule has 0 spiro atoms. The molecule has 60 valence electrons. The number of hydrogen-bond acceptors (Lipinski definition) is 2. The van der Waals surface area contributed by atoms with Gasteiger partial charge in [-0.15, -0.1) is 12.4 Å². The van der Waals surface area contributed by atoms with Gasteiger partial charge in [0.15, 0.2) is 0 Å². The summed E-state index contributed by atoms with van der Waals surface area (Å²) in [6.45, 7) is 4.15. The molecule has 0 radical (unpaired) electrons. The van der Waals surface area contributed by atoms with Crippen LogP contribution in [0, 0.1) is 0 Å². The molecule has 1 N–H and O–H groups in total. The maximum absolute atomic E-state index is 4.32. The molecule has 1 aliphatic heterocycles. The Hall–Kier alpha value is -0.240. The zero-order valence-corrected chi connectivity index (χ0v) is 7.21. The highest BCUT2D eigenvalue weighted by atomic mass is 35.5. The highest BCUT2D eigenvalue weighted by Crippen LogP contribution is 2.03. The van der Waals surface area contributed by atoms with E-state index in [2.05, 4.69) is 17.2 Å². The summed E-state index contributed by atoms with van der Waals surface area (Å²) >= 11 is 0. The largest absolute Gasteiger partial charge is 0.374 e. The standard InChI is InChI=1S/C7H14N2.ClH/c1-2-8-7-5-3-4-6-9-7;/h2-6H2,1H3,(H,8,9);1H. The highest BCUT2D eigenvalue weighted by molar-refractivity contribution is 5.85. The fourth-order valence-electron chi connectivity index (χ4n) is 1.05. The van der Waals surface area contributed by atoms with Crippen molar-refractivity contribution in [2.75, 3.05) is 13.1 Å². The Bertz CT molecular complexity index is 112. The predicted octanol–water partition coefficient (Wildman–Crippen LogP) is 1.60. The van der Waals surface area contributed by atoms with Gasteiger partial charge in [-0.25, -0.2) is 0 Å². The Labute approximate surface area is 68.5 Å². The minimum atomic E-state index is 0. The average molecular weight is 163 g/mol. The Morgan fingerprint density at radius 3 is 2.80 bits per heavy atom. The smallest absolute Gasteiger partial charge is 0.0962 e. The van der Waals surface area contributed by atoms with Gasteiger partial charge in [-0.2, -0.15) is 0 Å². The van der Waals surface area contributed by atoms with Crippen molar-refractivity contribution in [2.45, 2.75) is 26.2 Å². The first-order valence-electron chi connectivity index (χ1n) is 3.70. The van der Waals surface area contributed by atoms with E-state index in [4.69, 9.17) is 0 Å². The van der Waals surface area contributed by atoms with Crippen molar-refractivity contribution in [3.05, 3.63) is 0 Å². The lowest BCUT2D eigenvalue weighted by Gasteiger charge is -2.11. The molecule has 0 amide bonds. The SMILES string of the molecule is CCNC1=NCCCC1.Cl. The summed E-state index contributed by atoms with van der Waals surface area (Å²) in [7, 11) is 0. The fraction of sp³-hybridized carbons (Fsp3) is 0.857. The van der Waals surface area contributed by atoms with Crippen molar-refractivity contribution in [2.24, 2.45) is 4.99 Å². The lowest BCUT2D eigenvalue weighted by Crippen LogP contribution is -2.25. The zero-order chi connectivity index (χ0) is 6.53. The molecule has 0 unspecified atom stereocenters. The van der Waals surface area contributed by atoms with E-state index in [9.17, 15) is 0 Å². The van der Waals surface area contributed by atoms with Crippen LogP contribution in [0.1, 0.15) is 26.2 Å². The zero-order valence-electron chi connectivity index (χ0n) is 6.39.